The van der Waals surface area contributed by atoms with Gasteiger partial charge in [0.1, 0.15) is 6.10 Å². The van der Waals surface area contributed by atoms with Crippen molar-refractivity contribution in [2.45, 2.75) is 37.1 Å². The van der Waals surface area contributed by atoms with Gasteiger partial charge in [0.2, 0.25) is 23.0 Å². The molecule has 3 heterocycles. The molecule has 4 aromatic carbocycles. The Balaban J connectivity index is 1.45. The van der Waals surface area contributed by atoms with E-state index in [0.717, 1.165) is 0 Å². The summed E-state index contributed by atoms with van der Waals surface area (Å²) in [5.41, 5.74) is -7.37. The Hall–Kier alpha value is -7.52. The Morgan fingerprint density at radius 2 is 0.727 bits per heavy atom. The van der Waals surface area contributed by atoms with Crippen LogP contribution in [0.25, 0.3) is 22.3 Å². The van der Waals surface area contributed by atoms with E-state index in [1.165, 1.54) is 0 Å². The van der Waals surface area contributed by atoms with Crippen LogP contribution in [-0.4, -0.2) is 121 Å². The maximum atomic E-state index is 14.0. The van der Waals surface area contributed by atoms with Gasteiger partial charge in [-0.2, -0.15) is 0 Å². The molecule has 0 spiro atoms. The summed E-state index contributed by atoms with van der Waals surface area (Å²) in [7, 11) is 0. The molecule has 4 unspecified atom stereocenters. The van der Waals surface area contributed by atoms with E-state index in [2.05, 4.69) is 0 Å². The molecule has 3 aliphatic rings. The van der Waals surface area contributed by atoms with Crippen molar-refractivity contribution in [2.75, 3.05) is 0 Å². The van der Waals surface area contributed by atoms with Crippen LogP contribution in [0.15, 0.2) is 24.3 Å². The number of esters is 3. The standard InChI is InChI=1S/C34H24O21/c35-10-5-15-28(53-31(48)7-2-12(37)21(41)25(45)17(7)16-6(10)1-11(36)20(40)24(16)44)29-30(34(51)52-15)55-33(50)9-4-14(39)23(43)27(47)19(9)18-8(32(49)54-29)3-13(38)22(42)26(18)46/h1-4,15,28-30,34,36-47,51H,5H2/t15?,28?,29?,30?,34-/m0/s1. The SMILES string of the molecule is O=C1CC2O[C@H](O)C3OC(=O)c4cc(O)c(O)c(O)c4-c4c(cc(O)c(O)c4O)C(=O)OC3C2OC(=O)c2cc(O)c(O)c(O)c2-c2c1cc(O)c(O)c2O. The van der Waals surface area contributed by atoms with E-state index in [1.54, 1.807) is 0 Å². The summed E-state index contributed by atoms with van der Waals surface area (Å²) >= 11 is 0. The van der Waals surface area contributed by atoms with Crippen molar-refractivity contribution in [3.05, 3.63) is 46.5 Å². The first-order chi connectivity index (χ1) is 25.8. The molecule has 55 heavy (non-hydrogen) atoms. The molecular weight excluding hydrogens is 744 g/mol. The lowest BCUT2D eigenvalue weighted by Crippen LogP contribution is -2.62. The van der Waals surface area contributed by atoms with Crippen molar-refractivity contribution in [3.63, 3.8) is 0 Å². The molecule has 0 radical (unpaired) electrons. The van der Waals surface area contributed by atoms with Crippen molar-refractivity contribution in [1.82, 2.24) is 0 Å². The zero-order valence-corrected chi connectivity index (χ0v) is 27.0. The third-order valence-electron chi connectivity index (χ3n) is 9.20. The zero-order valence-electron chi connectivity index (χ0n) is 27.0. The molecule has 5 atom stereocenters. The Labute approximate surface area is 303 Å². The highest BCUT2D eigenvalue weighted by molar-refractivity contribution is 6.11. The van der Waals surface area contributed by atoms with Gasteiger partial charge in [-0.3, -0.25) is 4.79 Å². The molecule has 0 aromatic heterocycles. The first kappa shape index (κ1) is 35.9. The Morgan fingerprint density at radius 1 is 0.418 bits per heavy atom. The maximum absolute atomic E-state index is 14.0. The van der Waals surface area contributed by atoms with Gasteiger partial charge in [-0.05, 0) is 24.3 Å². The lowest BCUT2D eigenvalue weighted by Gasteiger charge is -2.43. The Kier molecular flexibility index (Phi) is 8.01. The number of ketones is 1. The van der Waals surface area contributed by atoms with Crippen molar-refractivity contribution < 1.29 is 105 Å². The first-order valence-electron chi connectivity index (χ1n) is 15.5. The lowest BCUT2D eigenvalue weighted by atomic mass is 9.86. The van der Waals surface area contributed by atoms with Gasteiger partial charge in [0, 0.05) is 34.2 Å². The quantitative estimate of drug-likeness (QED) is 0.0676. The Morgan fingerprint density at radius 3 is 1.11 bits per heavy atom. The molecule has 1 fully saturated rings. The van der Waals surface area contributed by atoms with Gasteiger partial charge >= 0.3 is 17.9 Å². The van der Waals surface area contributed by atoms with Crippen LogP contribution in [0.4, 0.5) is 0 Å². The number of phenols is 12. The summed E-state index contributed by atoms with van der Waals surface area (Å²) in [6.45, 7) is 0. The van der Waals surface area contributed by atoms with Crippen molar-refractivity contribution >= 4 is 23.7 Å². The van der Waals surface area contributed by atoms with E-state index >= 15 is 0 Å². The number of benzene rings is 4. The summed E-state index contributed by atoms with van der Waals surface area (Å²) in [6, 6.07) is 2.07. The van der Waals surface area contributed by atoms with Crippen molar-refractivity contribution in [3.8, 4) is 91.2 Å². The van der Waals surface area contributed by atoms with Gasteiger partial charge in [-0.15, -0.1) is 0 Å². The molecule has 1 saturated heterocycles. The van der Waals surface area contributed by atoms with Gasteiger partial charge in [-0.1, -0.05) is 0 Å². The second kappa shape index (κ2) is 12.3. The second-order valence-electron chi connectivity index (χ2n) is 12.4. The third kappa shape index (κ3) is 5.24. The molecule has 0 saturated carbocycles. The van der Waals surface area contributed by atoms with Gasteiger partial charge < -0.3 is 85.3 Å². The fraction of sp³-hybridized carbons (Fsp3) is 0.176. The summed E-state index contributed by atoms with van der Waals surface area (Å²) in [5, 5.41) is 137. The smallest absolute Gasteiger partial charge is 0.339 e. The van der Waals surface area contributed by atoms with E-state index in [1.807, 2.05) is 0 Å². The minimum Gasteiger partial charge on any atom is -0.504 e. The third-order valence-corrected chi connectivity index (χ3v) is 9.20. The van der Waals surface area contributed by atoms with E-state index in [-0.39, 0.29) is 0 Å². The summed E-state index contributed by atoms with van der Waals surface area (Å²) in [5.74, 6) is -21.2. The normalized spacial score (nSPS) is 21.9. The zero-order chi connectivity index (χ0) is 40.1. The number of Topliss-reactive ketones (excluding diaryl/α,β-unsaturated/α-hetero) is 1. The van der Waals surface area contributed by atoms with Crippen molar-refractivity contribution in [2.24, 2.45) is 0 Å². The van der Waals surface area contributed by atoms with Crippen LogP contribution >= 0.6 is 0 Å². The average Bonchev–Trinajstić information content (AvgIpc) is 3.13. The van der Waals surface area contributed by atoms with Crippen LogP contribution in [0.5, 0.6) is 69.0 Å². The molecule has 3 aliphatic heterocycles. The molecule has 21 nitrogen and oxygen atoms in total. The fourth-order valence-electron chi connectivity index (χ4n) is 6.61. The van der Waals surface area contributed by atoms with Crippen molar-refractivity contribution in [1.29, 1.82) is 0 Å². The Bertz CT molecular complexity index is 2420. The number of rotatable bonds is 0. The number of aliphatic hydroxyl groups excluding tert-OH is 1. The fourth-order valence-corrected chi connectivity index (χ4v) is 6.61. The second-order valence-corrected chi connectivity index (χ2v) is 12.4. The predicted octanol–water partition coefficient (Wildman–Crippen LogP) is 1.08. The van der Waals surface area contributed by atoms with E-state index < -0.39 is 174 Å². The predicted molar refractivity (Wildman–Crippen MR) is 171 cm³/mol. The molecular formula is C34H24O21. The number of carbonyl (C=O) groups excluding carboxylic acids is 4. The summed E-state index contributed by atoms with van der Waals surface area (Å²) in [6.07, 6.45) is -12.1. The van der Waals surface area contributed by atoms with Crippen LogP contribution in [0, 0.1) is 0 Å². The van der Waals surface area contributed by atoms with Gasteiger partial charge in [0.15, 0.2) is 76.4 Å². The number of phenolic OH excluding ortho intramolecular Hbond substituents is 12. The van der Waals surface area contributed by atoms with Crippen LogP contribution < -0.4 is 0 Å². The molecule has 286 valence electrons. The average molecular weight is 769 g/mol. The number of aromatic hydroxyl groups is 12. The highest BCUT2D eigenvalue weighted by Gasteiger charge is 2.54. The number of carbonyl (C=O) groups is 4. The van der Waals surface area contributed by atoms with E-state index in [4.69, 9.17) is 18.9 Å². The highest BCUT2D eigenvalue weighted by Crippen LogP contribution is 2.55. The number of aliphatic hydroxyl groups is 1. The van der Waals surface area contributed by atoms with Crippen LogP contribution in [0.1, 0.15) is 47.9 Å². The molecule has 0 amide bonds. The summed E-state index contributed by atoms with van der Waals surface area (Å²) < 4.78 is 22.0. The first-order valence-corrected chi connectivity index (χ1v) is 15.5. The van der Waals surface area contributed by atoms with E-state index in [0.29, 0.717) is 24.3 Å². The van der Waals surface area contributed by atoms with Gasteiger partial charge in [0.05, 0.1) is 16.7 Å². The monoisotopic (exact) mass is 768 g/mol. The number of ether oxygens (including phenoxy) is 4. The number of fused-ring (bicyclic) bond motifs is 9. The molecule has 7 rings (SSSR count). The maximum Gasteiger partial charge on any atom is 0.339 e. The molecule has 21 heteroatoms. The molecule has 0 bridgehead atoms. The molecule has 0 aliphatic carbocycles. The lowest BCUT2D eigenvalue weighted by molar-refractivity contribution is -0.278. The number of hydrogen-bond donors (Lipinski definition) is 13. The van der Waals surface area contributed by atoms with Crippen LogP contribution in [0.2, 0.25) is 0 Å². The molecule has 13 N–H and O–H groups in total. The minimum atomic E-state index is -2.40. The topological polar surface area (TPSA) is 368 Å². The van der Waals surface area contributed by atoms with Gasteiger partial charge in [0.25, 0.3) is 0 Å². The summed E-state index contributed by atoms with van der Waals surface area (Å²) in [4.78, 5) is 55.6. The largest absolute Gasteiger partial charge is 0.504 e. The van der Waals surface area contributed by atoms with Crippen LogP contribution in [-0.2, 0) is 18.9 Å². The van der Waals surface area contributed by atoms with Crippen LogP contribution in [0.3, 0.4) is 0 Å². The number of hydrogen-bond acceptors (Lipinski definition) is 21. The van der Waals surface area contributed by atoms with Gasteiger partial charge in [-0.25, -0.2) is 14.4 Å². The molecule has 4 aromatic rings. The van der Waals surface area contributed by atoms with E-state index in [9.17, 15) is 85.6 Å². The minimum absolute atomic E-state index is 0.484. The highest BCUT2D eigenvalue weighted by atomic mass is 16.7.